The van der Waals surface area contributed by atoms with Crippen molar-refractivity contribution >= 4 is 18.5 Å². The van der Waals surface area contributed by atoms with Crippen molar-refractivity contribution in [3.05, 3.63) is 0 Å². The molecule has 0 bridgehead atoms. The molecule has 0 aromatic rings. The molecule has 9 atom stereocenters. The van der Waals surface area contributed by atoms with Crippen molar-refractivity contribution < 1.29 is 23.7 Å². The minimum absolute atomic E-state index is 0.0632. The van der Waals surface area contributed by atoms with Gasteiger partial charge in [-0.3, -0.25) is 0 Å². The van der Waals surface area contributed by atoms with E-state index < -0.39 is 22.1 Å². The fraction of sp³-hybridized carbons (Fsp3) is 1.00. The van der Waals surface area contributed by atoms with Crippen LogP contribution in [-0.2, 0) is 23.7 Å². The molecule has 0 saturated carbocycles. The van der Waals surface area contributed by atoms with E-state index in [1.165, 1.54) is 0 Å². The Morgan fingerprint density at radius 3 is 1.17 bits per heavy atom. The Morgan fingerprint density at radius 2 is 0.944 bits per heavy atom. The summed E-state index contributed by atoms with van der Waals surface area (Å²) in [6.45, 7) is 23.7. The molecule has 0 spiro atoms. The summed E-state index contributed by atoms with van der Waals surface area (Å²) in [5.74, 6) is 0. The van der Waals surface area contributed by atoms with Crippen LogP contribution >= 0.6 is 18.5 Å². The van der Waals surface area contributed by atoms with Crippen LogP contribution < -0.4 is 5.73 Å². The van der Waals surface area contributed by atoms with Crippen molar-refractivity contribution in [3.63, 3.8) is 0 Å². The van der Waals surface area contributed by atoms with E-state index in [0.29, 0.717) is 26.4 Å². The quantitative estimate of drug-likeness (QED) is 0.125. The van der Waals surface area contributed by atoms with Crippen LogP contribution in [0.4, 0.5) is 0 Å². The maximum Gasteiger partial charge on any atom is 0.103 e. The average molecular weight is 554 g/mol. The minimum atomic E-state index is -0.774. The third-order valence-corrected chi connectivity index (χ3v) is 9.99. The third-order valence-electron chi connectivity index (χ3n) is 7.67. The van der Waals surface area contributed by atoms with E-state index in [4.69, 9.17) is 29.4 Å². The first kappa shape index (κ1) is 36.6. The summed E-state index contributed by atoms with van der Waals surface area (Å²) < 4.78 is 32.3. The largest absolute Gasteiger partial charge is 0.378 e. The highest BCUT2D eigenvalue weighted by Crippen LogP contribution is 2.57. The lowest BCUT2D eigenvalue weighted by Crippen LogP contribution is -2.72. The Bertz CT molecular complexity index is 530. The molecule has 0 rings (SSSR count). The number of rotatable bonds is 22. The normalized spacial score (nSPS) is 21.6. The van der Waals surface area contributed by atoms with E-state index in [2.05, 4.69) is 80.8 Å². The number of ether oxygens (including phenoxy) is 5. The minimum Gasteiger partial charge on any atom is -0.378 e. The highest BCUT2D eigenvalue weighted by Gasteiger charge is 2.64. The van der Waals surface area contributed by atoms with Gasteiger partial charge in [-0.2, -0.15) is 0 Å². The molecule has 8 heteroatoms. The molecule has 0 aliphatic carbocycles. The van der Waals surface area contributed by atoms with Gasteiger partial charge < -0.3 is 29.4 Å². The van der Waals surface area contributed by atoms with Crippen LogP contribution in [-0.4, -0.2) is 73.0 Å². The predicted molar refractivity (Wildman–Crippen MR) is 160 cm³/mol. The first-order valence-electron chi connectivity index (χ1n) is 14.4. The summed E-state index contributed by atoms with van der Waals surface area (Å²) in [4.78, 5) is 0. The lowest BCUT2D eigenvalue weighted by atomic mass is 9.66. The topological polar surface area (TPSA) is 72.2 Å². The predicted octanol–water partition coefficient (Wildman–Crippen LogP) is 6.33. The monoisotopic (exact) mass is 553 g/mol. The van der Waals surface area contributed by atoms with Gasteiger partial charge in [0.15, 0.2) is 0 Å². The average Bonchev–Trinajstić information content (AvgIpc) is 2.84. The highest BCUT2D eigenvalue weighted by atomic mass is 31.0. The molecule has 0 saturated heterocycles. The molecule has 2 N–H and O–H groups in total. The fourth-order valence-corrected chi connectivity index (χ4v) is 7.85. The van der Waals surface area contributed by atoms with Gasteiger partial charge in [0.05, 0.1) is 30.0 Å². The van der Waals surface area contributed by atoms with Crippen LogP contribution in [0.2, 0.25) is 0 Å². The summed E-state index contributed by atoms with van der Waals surface area (Å²) >= 11 is 0. The molecule has 9 unspecified atom stereocenters. The van der Waals surface area contributed by atoms with Crippen LogP contribution in [0.15, 0.2) is 0 Å². The van der Waals surface area contributed by atoms with Gasteiger partial charge in [-0.05, 0) is 80.1 Å². The summed E-state index contributed by atoms with van der Waals surface area (Å²) in [5.41, 5.74) is 5.69. The smallest absolute Gasteiger partial charge is 0.103 e. The van der Waals surface area contributed by atoms with Crippen molar-refractivity contribution in [2.24, 2.45) is 5.73 Å². The molecule has 0 aliphatic heterocycles. The maximum absolute atomic E-state index is 6.94. The summed E-state index contributed by atoms with van der Waals surface area (Å²) in [6.07, 6.45) is 4.48. The molecule has 0 aliphatic rings. The standard InChI is InChI=1S/C28H61NO5P2/c1-11-22(30-15-5)19-27(35,24(13-3)32-17-7)26(10,34-21(9)29)28(36,25(14-4)33-18-8)20-23(12-2)31-16-6/h21-25H,11-20,29,35-36H2,1-10H3. The zero-order chi connectivity index (χ0) is 28.0. The first-order chi connectivity index (χ1) is 16.9. The zero-order valence-corrected chi connectivity index (χ0v) is 27.5. The third kappa shape index (κ3) is 9.09. The molecule has 0 aromatic heterocycles. The molecule has 0 aromatic carbocycles. The van der Waals surface area contributed by atoms with Crippen molar-refractivity contribution in [2.75, 3.05) is 26.4 Å². The van der Waals surface area contributed by atoms with Crippen molar-refractivity contribution in [3.8, 4) is 0 Å². The molecule has 6 nitrogen and oxygen atoms in total. The van der Waals surface area contributed by atoms with E-state index in [-0.39, 0.29) is 24.4 Å². The van der Waals surface area contributed by atoms with Crippen LogP contribution in [0.3, 0.4) is 0 Å². The maximum atomic E-state index is 6.94. The van der Waals surface area contributed by atoms with E-state index in [1.54, 1.807) is 0 Å². The van der Waals surface area contributed by atoms with Gasteiger partial charge in [-0.1, -0.05) is 27.7 Å². The van der Waals surface area contributed by atoms with Crippen molar-refractivity contribution in [1.29, 1.82) is 0 Å². The van der Waals surface area contributed by atoms with Gasteiger partial charge >= 0.3 is 0 Å². The highest BCUT2D eigenvalue weighted by molar-refractivity contribution is 7.21. The number of hydrogen-bond acceptors (Lipinski definition) is 6. The van der Waals surface area contributed by atoms with E-state index >= 15 is 0 Å². The first-order valence-corrected chi connectivity index (χ1v) is 15.6. The van der Waals surface area contributed by atoms with Gasteiger partial charge in [-0.15, -0.1) is 18.5 Å². The Labute approximate surface area is 228 Å². The number of hydrogen-bond donors (Lipinski definition) is 1. The molecule has 218 valence electrons. The van der Waals surface area contributed by atoms with Crippen LogP contribution in [0.5, 0.6) is 0 Å². The Balaban J connectivity index is 7.33. The van der Waals surface area contributed by atoms with Gasteiger partial charge in [-0.25, -0.2) is 0 Å². The Kier molecular flexibility index (Phi) is 18.4. The molecule has 0 fully saturated rings. The molecule has 0 radical (unpaired) electrons. The van der Waals surface area contributed by atoms with Crippen molar-refractivity contribution in [1.82, 2.24) is 0 Å². The van der Waals surface area contributed by atoms with Crippen LogP contribution in [0.1, 0.15) is 108 Å². The SMILES string of the molecule is CCOC(CC)CC(P)(C(CC)OCC)C(C)(OC(C)N)C(P)(CC(CC)OCC)C(CC)OCC. The second-order valence-electron chi connectivity index (χ2n) is 10.0. The second kappa shape index (κ2) is 18.1. The summed E-state index contributed by atoms with van der Waals surface area (Å²) in [5, 5.41) is -1.03. The second-order valence-corrected chi connectivity index (χ2v) is 12.1. The Hall–Kier alpha value is 0.620. The lowest BCUT2D eigenvalue weighted by Gasteiger charge is -2.61. The molecular weight excluding hydrogens is 492 g/mol. The van der Waals surface area contributed by atoms with Crippen LogP contribution in [0, 0.1) is 0 Å². The van der Waals surface area contributed by atoms with Crippen molar-refractivity contribution in [2.45, 2.75) is 154 Å². The molecule has 0 amide bonds. The Morgan fingerprint density at radius 1 is 0.611 bits per heavy atom. The van der Waals surface area contributed by atoms with Gasteiger partial charge in [0, 0.05) is 36.7 Å². The summed E-state index contributed by atoms with van der Waals surface area (Å²) in [7, 11) is 6.41. The van der Waals surface area contributed by atoms with Crippen LogP contribution in [0.25, 0.3) is 0 Å². The van der Waals surface area contributed by atoms with Gasteiger partial charge in [0.1, 0.15) is 6.23 Å². The molecule has 0 heterocycles. The van der Waals surface area contributed by atoms with Gasteiger partial charge in [0.25, 0.3) is 0 Å². The van der Waals surface area contributed by atoms with E-state index in [1.807, 2.05) is 6.92 Å². The molecular formula is C28H61NO5P2. The fourth-order valence-electron chi connectivity index (χ4n) is 5.82. The number of nitrogens with two attached hydrogens (primary N) is 1. The zero-order valence-electron chi connectivity index (χ0n) is 25.2. The molecule has 36 heavy (non-hydrogen) atoms. The lowest BCUT2D eigenvalue weighted by molar-refractivity contribution is -0.187. The summed E-state index contributed by atoms with van der Waals surface area (Å²) in [6, 6.07) is 0. The van der Waals surface area contributed by atoms with E-state index in [0.717, 1.165) is 38.5 Å². The van der Waals surface area contributed by atoms with Gasteiger partial charge in [0.2, 0.25) is 0 Å². The van der Waals surface area contributed by atoms with E-state index in [9.17, 15) is 0 Å².